The fourth-order valence-electron chi connectivity index (χ4n) is 13.0. The zero-order valence-corrected chi connectivity index (χ0v) is 35.7. The molecule has 3 saturated heterocycles. The van der Waals surface area contributed by atoms with Crippen LogP contribution in [-0.4, -0.2) is 140 Å². The van der Waals surface area contributed by atoms with Crippen LogP contribution >= 0.6 is 0 Å². The summed E-state index contributed by atoms with van der Waals surface area (Å²) in [5, 5.41) is 86.5. The van der Waals surface area contributed by atoms with Crippen LogP contribution in [-0.2, 0) is 28.4 Å². The highest BCUT2D eigenvalue weighted by Gasteiger charge is 2.66. The van der Waals surface area contributed by atoms with Crippen LogP contribution in [0.1, 0.15) is 89.9 Å². The second-order valence-corrected chi connectivity index (χ2v) is 19.6. The number of ether oxygens (including phenoxy) is 6. The van der Waals surface area contributed by atoms with E-state index in [4.69, 9.17) is 28.4 Å². The topological polar surface area (TPSA) is 234 Å². The van der Waals surface area contributed by atoms with Gasteiger partial charge in [0.15, 0.2) is 25.0 Å². The lowest BCUT2D eigenvalue weighted by molar-refractivity contribution is -0.369. The molecule has 15 nitrogen and oxygen atoms in total. The maximum absolute atomic E-state index is 12.8. The van der Waals surface area contributed by atoms with Gasteiger partial charge in [0.1, 0.15) is 42.4 Å². The molecule has 15 heteroatoms. The van der Waals surface area contributed by atoms with Gasteiger partial charge in [0.05, 0.1) is 30.5 Å². The molecular formula is C46H66O15. The second kappa shape index (κ2) is 17.5. The van der Waals surface area contributed by atoms with Crippen LogP contribution in [0.2, 0.25) is 0 Å². The number of esters is 1. The summed E-state index contributed by atoms with van der Waals surface area (Å²) in [7, 11) is 0. The maximum atomic E-state index is 12.8. The molecule has 3 aliphatic heterocycles. The van der Waals surface area contributed by atoms with Crippen LogP contribution in [0.15, 0.2) is 47.6 Å². The van der Waals surface area contributed by atoms with E-state index in [9.17, 15) is 45.6 Å². The molecule has 0 amide bonds. The number of aliphatic hydroxyl groups is 7. The van der Waals surface area contributed by atoms with Gasteiger partial charge < -0.3 is 69.3 Å². The largest absolute Gasteiger partial charge is 0.508 e. The van der Waals surface area contributed by atoms with Gasteiger partial charge >= 0.3 is 5.97 Å². The summed E-state index contributed by atoms with van der Waals surface area (Å²) < 4.78 is 36.5. The fraction of sp³-hybridized carbons (Fsp3) is 0.761. The smallest absolute Gasteiger partial charge is 0.338 e. The van der Waals surface area contributed by atoms with E-state index < -0.39 is 80.3 Å². The first kappa shape index (κ1) is 45.1. The van der Waals surface area contributed by atoms with Crippen molar-refractivity contribution in [2.45, 2.75) is 159 Å². The average molecular weight is 859 g/mol. The SMILES string of the molecule is CC(C)=C[C@@H]1[C@@H](C)[C@H]2[C@H](C[C@H]3[C@@H]4CC=C5C[C@@H](O[C@@H]6O[C@H](CO)[C@@H](O)[C@H](O)[C@H]6O[C@@H]6O[C@@H](C)[C@H](OC(=O)c7ccc(O)cc7)[C@@H](O)[C@H]6O)CC[C@]5(C)[C@H]4CC[C@]23CO)O[C@H]1O. The number of aromatic hydroxyl groups is 1. The van der Waals surface area contributed by atoms with Crippen molar-refractivity contribution in [1.82, 2.24) is 0 Å². The third-order valence-electron chi connectivity index (χ3n) is 16.1. The Labute approximate surface area is 357 Å². The summed E-state index contributed by atoms with van der Waals surface area (Å²) in [5.74, 6) is 0.332. The molecule has 0 bridgehead atoms. The van der Waals surface area contributed by atoms with E-state index in [-0.39, 0.29) is 64.6 Å². The molecule has 0 aromatic heterocycles. The van der Waals surface area contributed by atoms with Crippen LogP contribution in [0, 0.1) is 46.3 Å². The molecule has 3 heterocycles. The highest BCUT2D eigenvalue weighted by atomic mass is 16.8. The minimum absolute atomic E-state index is 0.0436. The number of fused-ring (bicyclic) bond motifs is 7. The zero-order chi connectivity index (χ0) is 43.7. The minimum atomic E-state index is -1.76. The van der Waals surface area contributed by atoms with Crippen molar-refractivity contribution in [1.29, 1.82) is 0 Å². The van der Waals surface area contributed by atoms with E-state index in [2.05, 4.69) is 26.0 Å². The first-order chi connectivity index (χ1) is 29.0. The Hall–Kier alpha value is -2.51. The molecule has 61 heavy (non-hydrogen) atoms. The number of carbonyl (C=O) groups is 1. The molecule has 7 aliphatic rings. The van der Waals surface area contributed by atoms with Crippen molar-refractivity contribution in [2.75, 3.05) is 13.2 Å². The summed E-state index contributed by atoms with van der Waals surface area (Å²) in [4.78, 5) is 12.8. The summed E-state index contributed by atoms with van der Waals surface area (Å²) in [6, 6.07) is 5.34. The Morgan fingerprint density at radius 1 is 0.869 bits per heavy atom. The van der Waals surface area contributed by atoms with Crippen LogP contribution in [0.5, 0.6) is 5.75 Å². The molecule has 1 aromatic rings. The third kappa shape index (κ3) is 7.92. The van der Waals surface area contributed by atoms with Crippen molar-refractivity contribution in [3.8, 4) is 5.75 Å². The highest BCUT2D eigenvalue weighted by Crippen LogP contribution is 2.69. The molecule has 4 aliphatic carbocycles. The van der Waals surface area contributed by atoms with Gasteiger partial charge in [-0.05, 0) is 125 Å². The Balaban J connectivity index is 0.956. The van der Waals surface area contributed by atoms with Crippen LogP contribution in [0.3, 0.4) is 0 Å². The summed E-state index contributed by atoms with van der Waals surface area (Å²) in [6.45, 7) is 9.68. The number of hydrogen-bond donors (Lipinski definition) is 8. The quantitative estimate of drug-likeness (QED) is 0.132. The standard InChI is InChI=1S/C46H66O15/c1-21(2)16-29-22(3)34-32(58-42(29)55)18-31-28-11-8-25-17-27(12-14-45(25,5)30(28)13-15-46(31,34)20-48)57-44-40(36(51)35(50)33(19-47)59-44)61-43-38(53)37(52)39(23(4)56-43)60-41(54)24-6-9-26(49)10-7-24/h6-10,16,22-23,27-40,42-44,47-53,55H,11-15,17-20H2,1-5H3/t22-,23+,27+,28-,29-,30+,31+,32+,33-,34+,35-,36+,37+,38-,39+,40-,42-,43+,44-,45+,46-/m1/s1. The van der Waals surface area contributed by atoms with Gasteiger partial charge in [-0.3, -0.25) is 0 Å². The van der Waals surface area contributed by atoms with Gasteiger partial charge in [-0.2, -0.15) is 0 Å². The number of allylic oxidation sites excluding steroid dienone is 2. The minimum Gasteiger partial charge on any atom is -0.508 e. The van der Waals surface area contributed by atoms with E-state index in [0.29, 0.717) is 24.7 Å². The van der Waals surface area contributed by atoms with Crippen molar-refractivity contribution >= 4 is 5.97 Å². The molecule has 8 N–H and O–H groups in total. The van der Waals surface area contributed by atoms with E-state index in [1.54, 1.807) is 0 Å². The lowest BCUT2D eigenvalue weighted by Gasteiger charge is -2.59. The fourth-order valence-corrected chi connectivity index (χ4v) is 13.0. The van der Waals surface area contributed by atoms with Gasteiger partial charge in [0, 0.05) is 17.9 Å². The van der Waals surface area contributed by atoms with Crippen LogP contribution < -0.4 is 0 Å². The maximum Gasteiger partial charge on any atom is 0.338 e. The Bertz CT molecular complexity index is 1780. The van der Waals surface area contributed by atoms with Crippen molar-refractivity contribution < 1.29 is 74.1 Å². The second-order valence-electron chi connectivity index (χ2n) is 19.6. The number of aliphatic hydroxyl groups excluding tert-OH is 7. The lowest BCUT2D eigenvalue weighted by atomic mass is 9.46. The average Bonchev–Trinajstić information content (AvgIpc) is 3.57. The third-order valence-corrected chi connectivity index (χ3v) is 16.1. The van der Waals surface area contributed by atoms with Crippen molar-refractivity contribution in [3.63, 3.8) is 0 Å². The van der Waals surface area contributed by atoms with E-state index in [1.165, 1.54) is 36.8 Å². The van der Waals surface area contributed by atoms with Gasteiger partial charge in [-0.1, -0.05) is 37.1 Å². The highest BCUT2D eigenvalue weighted by molar-refractivity contribution is 5.89. The number of phenolic OH excluding ortho intramolecular Hbond substituents is 1. The predicted octanol–water partition coefficient (Wildman–Crippen LogP) is 2.69. The molecule has 8 rings (SSSR count). The van der Waals surface area contributed by atoms with Gasteiger partial charge in [0.25, 0.3) is 0 Å². The molecule has 340 valence electrons. The molecule has 3 saturated carbocycles. The molecule has 21 atom stereocenters. The normalized spacial score (nSPS) is 48.1. The van der Waals surface area contributed by atoms with E-state index >= 15 is 0 Å². The van der Waals surface area contributed by atoms with E-state index in [0.717, 1.165) is 37.7 Å². The van der Waals surface area contributed by atoms with Crippen LogP contribution in [0.4, 0.5) is 0 Å². The van der Waals surface area contributed by atoms with Gasteiger partial charge in [-0.25, -0.2) is 4.79 Å². The number of benzene rings is 1. The predicted molar refractivity (Wildman–Crippen MR) is 216 cm³/mol. The molecule has 0 radical (unpaired) electrons. The first-order valence-corrected chi connectivity index (χ1v) is 22.2. The number of rotatable bonds is 9. The van der Waals surface area contributed by atoms with Crippen molar-refractivity contribution in [2.24, 2.45) is 46.3 Å². The molecule has 1 aromatic carbocycles. The summed E-state index contributed by atoms with van der Waals surface area (Å²) >= 11 is 0. The van der Waals surface area contributed by atoms with Gasteiger partial charge in [0.2, 0.25) is 0 Å². The first-order valence-electron chi connectivity index (χ1n) is 22.2. The number of hydrogen-bond acceptors (Lipinski definition) is 15. The molecule has 6 fully saturated rings. The zero-order valence-electron chi connectivity index (χ0n) is 35.7. The molecule has 0 unspecified atom stereocenters. The van der Waals surface area contributed by atoms with Crippen LogP contribution in [0.25, 0.3) is 0 Å². The molecule has 0 spiro atoms. The summed E-state index contributed by atoms with van der Waals surface area (Å²) in [6.07, 6.45) is -5.66. The Kier molecular flexibility index (Phi) is 12.9. The summed E-state index contributed by atoms with van der Waals surface area (Å²) in [5.41, 5.74) is 2.15. The van der Waals surface area contributed by atoms with Crippen molar-refractivity contribution in [3.05, 3.63) is 53.1 Å². The monoisotopic (exact) mass is 858 g/mol. The Morgan fingerprint density at radius 3 is 2.28 bits per heavy atom. The van der Waals surface area contributed by atoms with Gasteiger partial charge in [-0.15, -0.1) is 0 Å². The number of carbonyl (C=O) groups excluding carboxylic acids is 1. The Morgan fingerprint density at radius 2 is 1.59 bits per heavy atom. The lowest BCUT2D eigenvalue weighted by Crippen LogP contribution is -2.64. The number of phenols is 1. The molecular weight excluding hydrogens is 792 g/mol. The van der Waals surface area contributed by atoms with E-state index in [1.807, 2.05) is 13.8 Å².